The molecule has 14 heavy (non-hydrogen) atoms. The maximum absolute atomic E-state index is 9.40. The Morgan fingerprint density at radius 3 is 2.07 bits per heavy atom. The van der Waals surface area contributed by atoms with Crippen LogP contribution in [0, 0.1) is 0 Å². The van der Waals surface area contributed by atoms with E-state index in [4.69, 9.17) is 0 Å². The van der Waals surface area contributed by atoms with Crippen LogP contribution in [0.1, 0.15) is 27.7 Å². The van der Waals surface area contributed by atoms with Gasteiger partial charge in [0.05, 0.1) is 0 Å². The minimum atomic E-state index is 0.328. The average molecular weight is 193 g/mol. The number of hydrogen-bond acceptors (Lipinski definition) is 2. The Kier molecular flexibility index (Phi) is 3.39. The Hall–Kier alpha value is -1.18. The van der Waals surface area contributed by atoms with Gasteiger partial charge in [0.2, 0.25) is 0 Å². The number of phenolic OH excluding ortho intramolecular Hbond substituents is 1. The zero-order valence-electron chi connectivity index (χ0n) is 9.36. The Morgan fingerprint density at radius 1 is 1.07 bits per heavy atom. The van der Waals surface area contributed by atoms with Crippen LogP contribution in [0.25, 0.3) is 0 Å². The van der Waals surface area contributed by atoms with E-state index in [2.05, 4.69) is 32.6 Å². The second-order valence-corrected chi connectivity index (χ2v) is 4.11. The molecule has 0 saturated carbocycles. The third-order valence-electron chi connectivity index (χ3n) is 2.24. The highest BCUT2D eigenvalue weighted by molar-refractivity contribution is 5.51. The van der Waals surface area contributed by atoms with Crippen molar-refractivity contribution in [3.8, 4) is 5.75 Å². The molecule has 0 spiro atoms. The number of anilines is 1. The van der Waals surface area contributed by atoms with Crippen molar-refractivity contribution in [3.63, 3.8) is 0 Å². The van der Waals surface area contributed by atoms with E-state index >= 15 is 0 Å². The second-order valence-electron chi connectivity index (χ2n) is 4.11. The molecule has 2 nitrogen and oxygen atoms in total. The lowest BCUT2D eigenvalue weighted by Gasteiger charge is -2.33. The number of benzene rings is 1. The molecule has 0 radical (unpaired) electrons. The van der Waals surface area contributed by atoms with Crippen LogP contribution in [0.3, 0.4) is 0 Å². The van der Waals surface area contributed by atoms with E-state index in [-0.39, 0.29) is 0 Å². The fourth-order valence-corrected chi connectivity index (χ4v) is 1.85. The van der Waals surface area contributed by atoms with Crippen LogP contribution in [0.2, 0.25) is 0 Å². The molecule has 0 aromatic heterocycles. The molecule has 0 bridgehead atoms. The van der Waals surface area contributed by atoms with Crippen molar-refractivity contribution in [2.24, 2.45) is 0 Å². The molecule has 1 aromatic rings. The summed E-state index contributed by atoms with van der Waals surface area (Å²) < 4.78 is 0. The van der Waals surface area contributed by atoms with Gasteiger partial charge in [-0.05, 0) is 39.8 Å². The molecule has 0 fully saturated rings. The zero-order chi connectivity index (χ0) is 10.7. The third kappa shape index (κ3) is 2.41. The van der Waals surface area contributed by atoms with Gasteiger partial charge in [0.1, 0.15) is 5.75 Å². The van der Waals surface area contributed by atoms with Gasteiger partial charge in [-0.15, -0.1) is 0 Å². The molecule has 0 unspecified atom stereocenters. The van der Waals surface area contributed by atoms with E-state index in [1.807, 2.05) is 12.1 Å². The highest BCUT2D eigenvalue weighted by atomic mass is 16.3. The Bertz CT molecular complexity index is 286. The number of rotatable bonds is 3. The van der Waals surface area contributed by atoms with E-state index in [0.29, 0.717) is 17.8 Å². The van der Waals surface area contributed by atoms with E-state index in [0.717, 1.165) is 5.69 Å². The summed E-state index contributed by atoms with van der Waals surface area (Å²) in [5, 5.41) is 9.40. The van der Waals surface area contributed by atoms with Crippen LogP contribution in [-0.4, -0.2) is 17.2 Å². The van der Waals surface area contributed by atoms with Crippen molar-refractivity contribution >= 4 is 5.69 Å². The van der Waals surface area contributed by atoms with Gasteiger partial charge in [-0.3, -0.25) is 0 Å². The normalized spacial score (nSPS) is 11.0. The minimum absolute atomic E-state index is 0.328. The van der Waals surface area contributed by atoms with Crippen LogP contribution in [0.15, 0.2) is 24.3 Å². The molecule has 0 aliphatic carbocycles. The molecule has 0 aliphatic heterocycles. The van der Waals surface area contributed by atoms with Gasteiger partial charge in [-0.1, -0.05) is 6.07 Å². The lowest BCUT2D eigenvalue weighted by molar-refractivity contribution is 0.474. The fourth-order valence-electron chi connectivity index (χ4n) is 1.85. The molecular weight excluding hydrogens is 174 g/mol. The van der Waals surface area contributed by atoms with Gasteiger partial charge in [0, 0.05) is 23.8 Å². The quantitative estimate of drug-likeness (QED) is 0.797. The predicted molar refractivity (Wildman–Crippen MR) is 60.9 cm³/mol. The fraction of sp³-hybridized carbons (Fsp3) is 0.500. The Morgan fingerprint density at radius 2 is 1.64 bits per heavy atom. The van der Waals surface area contributed by atoms with Crippen molar-refractivity contribution in [1.29, 1.82) is 0 Å². The minimum Gasteiger partial charge on any atom is -0.508 e. The molecular formula is C12H19NO. The topological polar surface area (TPSA) is 23.5 Å². The number of nitrogens with zero attached hydrogens (tertiary/aromatic N) is 1. The summed E-state index contributed by atoms with van der Waals surface area (Å²) in [5.74, 6) is 0.328. The highest BCUT2D eigenvalue weighted by Gasteiger charge is 2.13. The molecule has 0 atom stereocenters. The largest absolute Gasteiger partial charge is 0.508 e. The second kappa shape index (κ2) is 4.36. The zero-order valence-corrected chi connectivity index (χ0v) is 9.36. The molecule has 2 heteroatoms. The molecule has 0 amide bonds. The number of hydrogen-bond donors (Lipinski definition) is 1. The SMILES string of the molecule is CC(C)N(c1cccc(O)c1)C(C)C. The maximum atomic E-state index is 9.40. The van der Waals surface area contributed by atoms with Crippen LogP contribution < -0.4 is 4.90 Å². The molecule has 0 saturated heterocycles. The van der Waals surface area contributed by atoms with Gasteiger partial charge >= 0.3 is 0 Å². The average Bonchev–Trinajstić information content (AvgIpc) is 2.02. The first kappa shape index (κ1) is 10.9. The van der Waals surface area contributed by atoms with Crippen molar-refractivity contribution in [1.82, 2.24) is 0 Å². The summed E-state index contributed by atoms with van der Waals surface area (Å²) in [6.45, 7) is 8.63. The van der Waals surface area contributed by atoms with Crippen molar-refractivity contribution in [2.75, 3.05) is 4.90 Å². The first-order chi connectivity index (χ1) is 6.52. The first-order valence-electron chi connectivity index (χ1n) is 5.09. The number of phenols is 1. The van der Waals surface area contributed by atoms with Gasteiger partial charge in [0.15, 0.2) is 0 Å². The van der Waals surface area contributed by atoms with Gasteiger partial charge in [0.25, 0.3) is 0 Å². The molecule has 1 N–H and O–H groups in total. The van der Waals surface area contributed by atoms with Crippen molar-refractivity contribution in [2.45, 2.75) is 39.8 Å². The smallest absolute Gasteiger partial charge is 0.117 e. The van der Waals surface area contributed by atoms with Gasteiger partial charge in [-0.25, -0.2) is 0 Å². The maximum Gasteiger partial charge on any atom is 0.117 e. The Labute approximate surface area is 86.2 Å². The third-order valence-corrected chi connectivity index (χ3v) is 2.24. The summed E-state index contributed by atoms with van der Waals surface area (Å²) in [4.78, 5) is 2.28. The van der Waals surface area contributed by atoms with Crippen molar-refractivity contribution in [3.05, 3.63) is 24.3 Å². The standard InChI is InChI=1S/C12H19NO/c1-9(2)13(10(3)4)11-6-5-7-12(14)8-11/h5-10,14H,1-4H3. The lowest BCUT2D eigenvalue weighted by atomic mass is 10.2. The molecule has 0 aliphatic rings. The van der Waals surface area contributed by atoms with Gasteiger partial charge < -0.3 is 10.0 Å². The van der Waals surface area contributed by atoms with Crippen LogP contribution in [-0.2, 0) is 0 Å². The van der Waals surface area contributed by atoms with Crippen molar-refractivity contribution < 1.29 is 5.11 Å². The van der Waals surface area contributed by atoms with E-state index < -0.39 is 0 Å². The molecule has 1 aromatic carbocycles. The highest BCUT2D eigenvalue weighted by Crippen LogP contribution is 2.23. The van der Waals surface area contributed by atoms with E-state index in [1.54, 1.807) is 12.1 Å². The molecule has 78 valence electrons. The van der Waals surface area contributed by atoms with Crippen LogP contribution in [0.5, 0.6) is 5.75 Å². The van der Waals surface area contributed by atoms with Crippen LogP contribution in [0.4, 0.5) is 5.69 Å². The van der Waals surface area contributed by atoms with E-state index in [1.165, 1.54) is 0 Å². The molecule has 1 rings (SSSR count). The number of aromatic hydroxyl groups is 1. The summed E-state index contributed by atoms with van der Waals surface area (Å²) in [6.07, 6.45) is 0. The predicted octanol–water partition coefficient (Wildman–Crippen LogP) is 3.02. The van der Waals surface area contributed by atoms with Gasteiger partial charge in [-0.2, -0.15) is 0 Å². The lowest BCUT2D eigenvalue weighted by Crippen LogP contribution is -2.36. The van der Waals surface area contributed by atoms with Crippen LogP contribution >= 0.6 is 0 Å². The monoisotopic (exact) mass is 193 g/mol. The first-order valence-corrected chi connectivity index (χ1v) is 5.09. The summed E-state index contributed by atoms with van der Waals surface area (Å²) in [7, 11) is 0. The summed E-state index contributed by atoms with van der Waals surface area (Å²) >= 11 is 0. The summed E-state index contributed by atoms with van der Waals surface area (Å²) in [6, 6.07) is 8.29. The molecule has 0 heterocycles. The Balaban J connectivity index is 2.99. The summed E-state index contributed by atoms with van der Waals surface area (Å²) in [5.41, 5.74) is 1.08. The van der Waals surface area contributed by atoms with E-state index in [9.17, 15) is 5.11 Å².